The molecule has 0 spiro atoms. The lowest BCUT2D eigenvalue weighted by Gasteiger charge is -2.33. The summed E-state index contributed by atoms with van der Waals surface area (Å²) in [6, 6.07) is 5.83. The van der Waals surface area contributed by atoms with Crippen LogP contribution in [0.1, 0.15) is 15.9 Å². The zero-order chi connectivity index (χ0) is 29.9. The van der Waals surface area contributed by atoms with Gasteiger partial charge in [0.05, 0.1) is 18.1 Å². The predicted molar refractivity (Wildman–Crippen MR) is 123 cm³/mol. The van der Waals surface area contributed by atoms with Crippen LogP contribution in [0.2, 0.25) is 0 Å². The van der Waals surface area contributed by atoms with Crippen molar-refractivity contribution < 1.29 is 58.3 Å². The highest BCUT2D eigenvalue weighted by atomic mass is 32.2. The molecule has 0 bridgehead atoms. The summed E-state index contributed by atoms with van der Waals surface area (Å²) in [6.45, 7) is -0.934. The maximum Gasteiger partial charge on any atom is 0.573 e. The Morgan fingerprint density at radius 2 is 1.52 bits per heavy atom. The number of halogens is 7. The standard InChI is InChI=1S/C22H19F7N4O6S/c23-17-11-13(18(34)30-31-19(35)21(24,25)26)1-2-14(17)12-33(20(36)32-7-9-40(37,38)10-8-32)15-3-5-16(6-4-15)39-22(27,28)29/h1-6,11H,7-10,12H2,(H,30,34)(H,31,35). The molecule has 0 aliphatic carbocycles. The normalized spacial score (nSPS) is 15.2. The molecule has 0 aromatic heterocycles. The maximum atomic E-state index is 14.9. The van der Waals surface area contributed by atoms with Crippen molar-refractivity contribution >= 4 is 33.4 Å². The van der Waals surface area contributed by atoms with Crippen LogP contribution in [0.5, 0.6) is 5.75 Å². The van der Waals surface area contributed by atoms with Crippen LogP contribution >= 0.6 is 0 Å². The first-order valence-corrected chi connectivity index (χ1v) is 12.9. The van der Waals surface area contributed by atoms with Crippen molar-refractivity contribution in [2.24, 2.45) is 0 Å². The number of urea groups is 1. The average molecular weight is 600 g/mol. The summed E-state index contributed by atoms with van der Waals surface area (Å²) in [7, 11) is -3.38. The largest absolute Gasteiger partial charge is 0.573 e. The maximum absolute atomic E-state index is 14.9. The van der Waals surface area contributed by atoms with Crippen molar-refractivity contribution in [3.05, 3.63) is 59.4 Å². The van der Waals surface area contributed by atoms with Gasteiger partial charge in [-0.25, -0.2) is 17.6 Å². The number of rotatable bonds is 5. The predicted octanol–water partition coefficient (Wildman–Crippen LogP) is 2.90. The lowest BCUT2D eigenvalue weighted by Crippen LogP contribution is -2.49. The van der Waals surface area contributed by atoms with Gasteiger partial charge in [0.2, 0.25) is 0 Å². The second-order valence-corrected chi connectivity index (χ2v) is 10.6. The number of hydrogen-bond acceptors (Lipinski definition) is 6. The van der Waals surface area contributed by atoms with Gasteiger partial charge in [0.1, 0.15) is 11.6 Å². The molecule has 1 saturated heterocycles. The van der Waals surface area contributed by atoms with Crippen LogP contribution < -0.4 is 20.5 Å². The SMILES string of the molecule is O=C(NNC(=O)C(F)(F)F)c1ccc(CN(C(=O)N2CCS(=O)(=O)CC2)c2ccc(OC(F)(F)F)cc2)c(F)c1. The van der Waals surface area contributed by atoms with Gasteiger partial charge in [-0.1, -0.05) is 6.07 Å². The fourth-order valence-electron chi connectivity index (χ4n) is 3.42. The van der Waals surface area contributed by atoms with Gasteiger partial charge in [-0.2, -0.15) is 13.2 Å². The van der Waals surface area contributed by atoms with Gasteiger partial charge in [-0.05, 0) is 36.4 Å². The van der Waals surface area contributed by atoms with E-state index < -0.39 is 63.9 Å². The van der Waals surface area contributed by atoms with E-state index in [1.807, 2.05) is 0 Å². The lowest BCUT2D eigenvalue weighted by molar-refractivity contribution is -0.274. The van der Waals surface area contributed by atoms with Gasteiger partial charge in [0.15, 0.2) is 9.84 Å². The molecule has 2 aromatic carbocycles. The Labute approximate surface area is 221 Å². The molecule has 1 aliphatic heterocycles. The van der Waals surface area contributed by atoms with Gasteiger partial charge in [0.25, 0.3) is 5.91 Å². The van der Waals surface area contributed by atoms with Gasteiger partial charge in [0, 0.05) is 29.9 Å². The number of benzene rings is 2. The van der Waals surface area contributed by atoms with E-state index in [1.54, 1.807) is 0 Å². The van der Waals surface area contributed by atoms with Crippen molar-refractivity contribution in [3.63, 3.8) is 0 Å². The molecule has 18 heteroatoms. The van der Waals surface area contributed by atoms with E-state index in [9.17, 15) is 53.5 Å². The highest BCUT2D eigenvalue weighted by Gasteiger charge is 2.39. The summed E-state index contributed by atoms with van der Waals surface area (Å²) in [4.78, 5) is 38.2. The number of alkyl halides is 6. The Hall–Kier alpha value is -4.09. The van der Waals surface area contributed by atoms with Crippen LogP contribution in [0.25, 0.3) is 0 Å². The molecular weight excluding hydrogens is 581 g/mol. The number of carbonyl (C=O) groups is 3. The second-order valence-electron chi connectivity index (χ2n) is 8.26. The third kappa shape index (κ3) is 8.20. The van der Waals surface area contributed by atoms with E-state index in [0.717, 1.165) is 51.6 Å². The number of anilines is 1. The summed E-state index contributed by atoms with van der Waals surface area (Å²) < 4.78 is 117. The van der Waals surface area contributed by atoms with E-state index in [0.29, 0.717) is 6.07 Å². The molecule has 2 aromatic rings. The fourth-order valence-corrected chi connectivity index (χ4v) is 4.62. The van der Waals surface area contributed by atoms with Crippen molar-refractivity contribution in [1.29, 1.82) is 0 Å². The number of carbonyl (C=O) groups excluding carboxylic acids is 3. The topological polar surface area (TPSA) is 125 Å². The quantitative estimate of drug-likeness (QED) is 0.402. The van der Waals surface area contributed by atoms with Crippen LogP contribution in [-0.4, -0.2) is 68.3 Å². The molecule has 2 N–H and O–H groups in total. The first kappa shape index (κ1) is 30.5. The molecule has 218 valence electrons. The Morgan fingerprint density at radius 1 is 0.925 bits per heavy atom. The third-order valence-electron chi connectivity index (χ3n) is 5.42. The van der Waals surface area contributed by atoms with Crippen LogP contribution in [0.4, 0.5) is 41.2 Å². The number of ether oxygens (including phenoxy) is 1. The molecular formula is C22H19F7N4O6S. The van der Waals surface area contributed by atoms with Gasteiger partial charge >= 0.3 is 24.5 Å². The Kier molecular flexibility index (Phi) is 8.81. The van der Waals surface area contributed by atoms with E-state index in [2.05, 4.69) is 4.74 Å². The molecule has 40 heavy (non-hydrogen) atoms. The summed E-state index contributed by atoms with van der Waals surface area (Å²) in [5.74, 6) is -6.13. The monoisotopic (exact) mass is 600 g/mol. The highest BCUT2D eigenvalue weighted by molar-refractivity contribution is 7.91. The average Bonchev–Trinajstić information content (AvgIpc) is 2.85. The molecule has 1 aliphatic rings. The zero-order valence-electron chi connectivity index (χ0n) is 20.0. The minimum atomic E-state index is -5.28. The first-order valence-electron chi connectivity index (χ1n) is 11.0. The molecule has 10 nitrogen and oxygen atoms in total. The molecule has 0 saturated carbocycles. The number of amides is 4. The van der Waals surface area contributed by atoms with E-state index in [-0.39, 0.29) is 35.8 Å². The zero-order valence-corrected chi connectivity index (χ0v) is 20.8. The third-order valence-corrected chi connectivity index (χ3v) is 7.03. The summed E-state index contributed by atoms with van der Waals surface area (Å²) >= 11 is 0. The van der Waals surface area contributed by atoms with E-state index in [1.165, 1.54) is 5.43 Å². The number of nitrogens with one attached hydrogen (secondary N) is 2. The minimum Gasteiger partial charge on any atom is -0.406 e. The molecule has 0 unspecified atom stereocenters. The molecule has 0 atom stereocenters. The highest BCUT2D eigenvalue weighted by Crippen LogP contribution is 2.28. The summed E-state index contributed by atoms with van der Waals surface area (Å²) in [5, 5.41) is 0. The van der Waals surface area contributed by atoms with Gasteiger partial charge < -0.3 is 9.64 Å². The smallest absolute Gasteiger partial charge is 0.406 e. The molecule has 1 heterocycles. The van der Waals surface area contributed by atoms with Crippen molar-refractivity contribution in [2.45, 2.75) is 19.1 Å². The first-order chi connectivity index (χ1) is 18.4. The molecule has 1 fully saturated rings. The Balaban J connectivity index is 1.84. The minimum absolute atomic E-state index is 0.0102. The van der Waals surface area contributed by atoms with Crippen molar-refractivity contribution in [3.8, 4) is 5.75 Å². The van der Waals surface area contributed by atoms with Gasteiger partial charge in [-0.3, -0.25) is 25.3 Å². The van der Waals surface area contributed by atoms with Crippen LogP contribution in [0.3, 0.4) is 0 Å². The molecule has 0 radical (unpaired) electrons. The van der Waals surface area contributed by atoms with Crippen LogP contribution in [-0.2, 0) is 21.2 Å². The van der Waals surface area contributed by atoms with Crippen molar-refractivity contribution in [2.75, 3.05) is 29.5 Å². The molecule has 4 amide bonds. The Bertz CT molecular complexity index is 1370. The van der Waals surface area contributed by atoms with Crippen LogP contribution in [0.15, 0.2) is 42.5 Å². The van der Waals surface area contributed by atoms with Gasteiger partial charge in [-0.15, -0.1) is 13.2 Å². The Morgan fingerprint density at radius 3 is 2.05 bits per heavy atom. The number of nitrogens with zero attached hydrogens (tertiary/aromatic N) is 2. The second kappa shape index (κ2) is 11.6. The fraction of sp³-hybridized carbons (Fsp3) is 0.318. The number of sulfone groups is 1. The molecule has 3 rings (SSSR count). The van der Waals surface area contributed by atoms with Crippen molar-refractivity contribution in [1.82, 2.24) is 15.8 Å². The number of hydrogen-bond donors (Lipinski definition) is 2. The summed E-state index contributed by atoms with van der Waals surface area (Å²) in [6.07, 6.45) is -10.3. The summed E-state index contributed by atoms with van der Waals surface area (Å²) in [5.41, 5.74) is 1.87. The lowest BCUT2D eigenvalue weighted by atomic mass is 10.1. The van der Waals surface area contributed by atoms with Crippen LogP contribution in [0, 0.1) is 5.82 Å². The van der Waals surface area contributed by atoms with E-state index in [4.69, 9.17) is 0 Å². The van der Waals surface area contributed by atoms with E-state index >= 15 is 0 Å². The number of hydrazine groups is 1.